The smallest absolute Gasteiger partial charge is 0.213 e. The third-order valence-electron chi connectivity index (χ3n) is 3.95. The summed E-state index contributed by atoms with van der Waals surface area (Å²) in [6.07, 6.45) is 7.36. The van der Waals surface area contributed by atoms with Crippen LogP contribution in [0.5, 0.6) is 0 Å². The number of hydrogen-bond donors (Lipinski definition) is 2. The van der Waals surface area contributed by atoms with Crippen molar-refractivity contribution in [3.63, 3.8) is 0 Å². The average molecular weight is 330 g/mol. The zero-order valence-corrected chi connectivity index (χ0v) is 14.7. The maximum Gasteiger partial charge on any atom is 0.213 e. The first-order valence-corrected chi connectivity index (χ1v) is 9.63. The van der Waals surface area contributed by atoms with E-state index in [1.165, 1.54) is 6.42 Å². The van der Waals surface area contributed by atoms with Gasteiger partial charge >= 0.3 is 0 Å². The molecule has 6 nitrogen and oxygen atoms in total. The first-order valence-electron chi connectivity index (χ1n) is 7.98. The molecular formula is C15H30N4O2S. The van der Waals surface area contributed by atoms with Gasteiger partial charge in [0.2, 0.25) is 10.0 Å². The van der Waals surface area contributed by atoms with Gasteiger partial charge in [0.25, 0.3) is 0 Å². The van der Waals surface area contributed by atoms with Crippen molar-refractivity contribution in [2.45, 2.75) is 32.1 Å². The topological polar surface area (TPSA) is 73.8 Å². The van der Waals surface area contributed by atoms with Gasteiger partial charge in [-0.2, -0.15) is 0 Å². The van der Waals surface area contributed by atoms with Gasteiger partial charge in [-0.3, -0.25) is 4.99 Å². The molecule has 1 rings (SSSR count). The maximum absolute atomic E-state index is 11.9. The molecule has 0 aliphatic heterocycles. The number of unbranched alkanes of at least 4 members (excludes halogenated alkanes) is 1. The lowest BCUT2D eigenvalue weighted by Crippen LogP contribution is -2.43. The van der Waals surface area contributed by atoms with E-state index in [4.69, 9.17) is 0 Å². The Balaban J connectivity index is 2.25. The molecule has 0 radical (unpaired) electrons. The third-order valence-corrected chi connectivity index (χ3v) is 5.29. The van der Waals surface area contributed by atoms with E-state index in [2.05, 4.69) is 21.6 Å². The van der Waals surface area contributed by atoms with Crippen molar-refractivity contribution < 1.29 is 8.42 Å². The fourth-order valence-corrected chi connectivity index (χ4v) is 3.28. The van der Waals surface area contributed by atoms with Crippen LogP contribution in [0.1, 0.15) is 32.1 Å². The summed E-state index contributed by atoms with van der Waals surface area (Å²) in [5.74, 6) is 1.32. The highest BCUT2D eigenvalue weighted by atomic mass is 32.2. The number of allylic oxidation sites excluding steroid dienone is 1. The SMILES string of the molecule is C=CCCCN(C)C(=NC)NCCS(=O)(=O)NCC1CCC1. The van der Waals surface area contributed by atoms with Crippen molar-refractivity contribution in [3.8, 4) is 0 Å². The first-order chi connectivity index (χ1) is 10.5. The predicted octanol–water partition coefficient (Wildman–Crippen LogP) is 1.18. The molecule has 128 valence electrons. The first kappa shape index (κ1) is 19.0. The minimum Gasteiger partial charge on any atom is -0.355 e. The Hall–Kier alpha value is -1.08. The van der Waals surface area contributed by atoms with Gasteiger partial charge in [0.05, 0.1) is 5.75 Å². The van der Waals surface area contributed by atoms with Crippen LogP contribution < -0.4 is 10.0 Å². The van der Waals surface area contributed by atoms with Gasteiger partial charge in [0.1, 0.15) is 0 Å². The second-order valence-corrected chi connectivity index (χ2v) is 7.72. The van der Waals surface area contributed by atoms with Crippen molar-refractivity contribution in [2.75, 3.05) is 39.5 Å². The monoisotopic (exact) mass is 330 g/mol. The van der Waals surface area contributed by atoms with Crippen molar-refractivity contribution in [1.82, 2.24) is 14.9 Å². The van der Waals surface area contributed by atoms with Crippen LogP contribution in [0, 0.1) is 5.92 Å². The lowest BCUT2D eigenvalue weighted by Gasteiger charge is -2.25. The molecule has 1 aliphatic carbocycles. The molecule has 1 aliphatic rings. The number of aliphatic imine (C=N–C) groups is 1. The molecule has 0 heterocycles. The van der Waals surface area contributed by atoms with Crippen molar-refractivity contribution in [3.05, 3.63) is 12.7 Å². The number of hydrogen-bond acceptors (Lipinski definition) is 3. The van der Waals surface area contributed by atoms with E-state index in [0.29, 0.717) is 19.0 Å². The molecule has 22 heavy (non-hydrogen) atoms. The molecule has 7 heteroatoms. The Kier molecular flexibility index (Phi) is 8.48. The third kappa shape index (κ3) is 7.26. The van der Waals surface area contributed by atoms with E-state index in [9.17, 15) is 8.42 Å². The summed E-state index contributed by atoms with van der Waals surface area (Å²) in [5, 5.41) is 3.10. The zero-order chi connectivity index (χ0) is 16.4. The normalized spacial score (nSPS) is 16.2. The van der Waals surface area contributed by atoms with E-state index in [1.54, 1.807) is 7.05 Å². The standard InChI is InChI=1S/C15H30N4O2S/c1-4-5-6-11-19(3)15(16-2)17-10-12-22(20,21)18-13-14-8-7-9-14/h4,14,18H,1,5-13H2,2-3H3,(H,16,17). The second-order valence-electron chi connectivity index (χ2n) is 5.79. The molecule has 0 aromatic carbocycles. The van der Waals surface area contributed by atoms with E-state index in [-0.39, 0.29) is 5.75 Å². The summed E-state index contributed by atoms with van der Waals surface area (Å²) in [6.45, 7) is 5.50. The Labute approximate surface area is 135 Å². The zero-order valence-electron chi connectivity index (χ0n) is 13.8. The van der Waals surface area contributed by atoms with Gasteiger partial charge in [-0.05, 0) is 31.6 Å². The summed E-state index contributed by atoms with van der Waals surface area (Å²) in [7, 11) is 0.448. The molecule has 0 saturated heterocycles. The van der Waals surface area contributed by atoms with Crippen LogP contribution in [-0.2, 0) is 10.0 Å². The Morgan fingerprint density at radius 2 is 2.18 bits per heavy atom. The number of nitrogens with zero attached hydrogens (tertiary/aromatic N) is 2. The van der Waals surface area contributed by atoms with E-state index in [1.807, 2.05) is 18.0 Å². The lowest BCUT2D eigenvalue weighted by molar-refractivity contribution is 0.316. The maximum atomic E-state index is 11.9. The molecule has 2 N–H and O–H groups in total. The highest BCUT2D eigenvalue weighted by Crippen LogP contribution is 2.25. The second kappa shape index (κ2) is 9.84. The molecule has 0 spiro atoms. The molecule has 0 unspecified atom stereocenters. The molecule has 1 fully saturated rings. The fourth-order valence-electron chi connectivity index (χ4n) is 2.27. The van der Waals surface area contributed by atoms with Gasteiger partial charge in [0, 0.05) is 33.7 Å². The largest absolute Gasteiger partial charge is 0.355 e. The fraction of sp³-hybridized carbons (Fsp3) is 0.800. The molecule has 0 amide bonds. The van der Waals surface area contributed by atoms with Crippen LogP contribution in [0.3, 0.4) is 0 Å². The summed E-state index contributed by atoms with van der Waals surface area (Å²) < 4.78 is 26.5. The Morgan fingerprint density at radius 3 is 2.73 bits per heavy atom. The molecule has 0 bridgehead atoms. The summed E-state index contributed by atoms with van der Waals surface area (Å²) in [6, 6.07) is 0. The number of sulfonamides is 1. The Morgan fingerprint density at radius 1 is 1.45 bits per heavy atom. The molecule has 0 aromatic rings. The van der Waals surface area contributed by atoms with Gasteiger partial charge in [-0.25, -0.2) is 13.1 Å². The van der Waals surface area contributed by atoms with E-state index >= 15 is 0 Å². The van der Waals surface area contributed by atoms with Gasteiger partial charge < -0.3 is 10.2 Å². The number of rotatable bonds is 10. The highest BCUT2D eigenvalue weighted by Gasteiger charge is 2.20. The summed E-state index contributed by atoms with van der Waals surface area (Å²) >= 11 is 0. The summed E-state index contributed by atoms with van der Waals surface area (Å²) in [4.78, 5) is 6.17. The van der Waals surface area contributed by atoms with Crippen LogP contribution in [0.25, 0.3) is 0 Å². The predicted molar refractivity (Wildman–Crippen MR) is 92.6 cm³/mol. The molecule has 1 saturated carbocycles. The van der Waals surface area contributed by atoms with E-state index < -0.39 is 10.0 Å². The van der Waals surface area contributed by atoms with Crippen molar-refractivity contribution >= 4 is 16.0 Å². The van der Waals surface area contributed by atoms with Crippen LogP contribution in [0.15, 0.2) is 17.6 Å². The van der Waals surface area contributed by atoms with E-state index in [0.717, 1.165) is 38.2 Å². The van der Waals surface area contributed by atoms with Gasteiger partial charge in [-0.15, -0.1) is 6.58 Å². The quantitative estimate of drug-likeness (QED) is 0.273. The van der Waals surface area contributed by atoms with Crippen LogP contribution in [0.2, 0.25) is 0 Å². The lowest BCUT2D eigenvalue weighted by atomic mass is 9.86. The highest BCUT2D eigenvalue weighted by molar-refractivity contribution is 7.89. The van der Waals surface area contributed by atoms with Crippen LogP contribution in [0.4, 0.5) is 0 Å². The number of guanidine groups is 1. The van der Waals surface area contributed by atoms with Crippen LogP contribution >= 0.6 is 0 Å². The molecular weight excluding hydrogens is 300 g/mol. The van der Waals surface area contributed by atoms with Crippen molar-refractivity contribution in [2.24, 2.45) is 10.9 Å². The molecule has 0 atom stereocenters. The van der Waals surface area contributed by atoms with Crippen molar-refractivity contribution in [1.29, 1.82) is 0 Å². The van der Waals surface area contributed by atoms with Gasteiger partial charge in [0.15, 0.2) is 5.96 Å². The summed E-state index contributed by atoms with van der Waals surface area (Å²) in [5.41, 5.74) is 0. The minimum atomic E-state index is -3.20. The minimum absolute atomic E-state index is 0.0687. The van der Waals surface area contributed by atoms with Gasteiger partial charge in [-0.1, -0.05) is 12.5 Å². The Bertz CT molecular complexity index is 458. The average Bonchev–Trinajstić information content (AvgIpc) is 2.42. The van der Waals surface area contributed by atoms with Crippen LogP contribution in [-0.4, -0.2) is 58.8 Å². The number of nitrogens with one attached hydrogen (secondary N) is 2. The molecule has 0 aromatic heterocycles.